The maximum Gasteiger partial charge on any atom is 0.338 e. The lowest BCUT2D eigenvalue weighted by atomic mass is 10.1. The fraction of sp³-hybridized carbons (Fsp3) is 0.348. The fourth-order valence-electron chi connectivity index (χ4n) is 3.71. The van der Waals surface area contributed by atoms with Gasteiger partial charge in [0.2, 0.25) is 5.91 Å². The minimum absolute atomic E-state index is 0.00868. The standard InChI is InChI=1S/C23H26N4O6/c1-4-33-23(30)18-6-8-21(26-11-9-25(10-12-26)16(3)28)19(14-18)24-22(29)17-5-7-20(27(31)32)15(2)13-17/h5-8,13-14H,4,9-12H2,1-3H3,(H,24,29). The highest BCUT2D eigenvalue weighted by molar-refractivity contribution is 6.07. The summed E-state index contributed by atoms with van der Waals surface area (Å²) >= 11 is 0. The Hall–Kier alpha value is -3.95. The first-order valence-electron chi connectivity index (χ1n) is 10.6. The van der Waals surface area contributed by atoms with E-state index < -0.39 is 16.8 Å². The van der Waals surface area contributed by atoms with Crippen molar-refractivity contribution in [2.45, 2.75) is 20.8 Å². The number of amides is 2. The number of aryl methyl sites for hydroxylation is 1. The number of benzene rings is 2. The largest absolute Gasteiger partial charge is 0.462 e. The summed E-state index contributed by atoms with van der Waals surface area (Å²) in [4.78, 5) is 51.2. The Balaban J connectivity index is 1.90. The molecule has 0 saturated carbocycles. The first-order chi connectivity index (χ1) is 15.7. The third-order valence-electron chi connectivity index (χ3n) is 5.48. The summed E-state index contributed by atoms with van der Waals surface area (Å²) in [5.74, 6) is -0.959. The molecule has 0 atom stereocenters. The molecule has 0 aliphatic carbocycles. The van der Waals surface area contributed by atoms with Gasteiger partial charge in [0.25, 0.3) is 11.6 Å². The lowest BCUT2D eigenvalue weighted by Crippen LogP contribution is -2.48. The molecule has 0 unspecified atom stereocenters. The summed E-state index contributed by atoms with van der Waals surface area (Å²) in [5, 5.41) is 13.9. The van der Waals surface area contributed by atoms with Gasteiger partial charge in [0.1, 0.15) is 0 Å². The van der Waals surface area contributed by atoms with Gasteiger partial charge in [0.05, 0.1) is 28.5 Å². The number of rotatable bonds is 6. The Bertz CT molecular complexity index is 1090. The van der Waals surface area contributed by atoms with Crippen LogP contribution in [0, 0.1) is 17.0 Å². The molecule has 10 heteroatoms. The number of nitrogens with one attached hydrogen (secondary N) is 1. The SMILES string of the molecule is CCOC(=O)c1ccc(N2CCN(C(C)=O)CC2)c(NC(=O)c2ccc([N+](=O)[O-])c(C)c2)c1. The van der Waals surface area contributed by atoms with Crippen molar-refractivity contribution < 1.29 is 24.0 Å². The van der Waals surface area contributed by atoms with Gasteiger partial charge < -0.3 is 19.9 Å². The summed E-state index contributed by atoms with van der Waals surface area (Å²) < 4.78 is 5.08. The van der Waals surface area contributed by atoms with Crippen molar-refractivity contribution in [1.82, 2.24) is 4.90 Å². The quantitative estimate of drug-likeness (QED) is 0.404. The van der Waals surface area contributed by atoms with Crippen molar-refractivity contribution in [3.05, 3.63) is 63.2 Å². The van der Waals surface area contributed by atoms with Crippen LogP contribution >= 0.6 is 0 Å². The molecule has 2 aromatic carbocycles. The van der Waals surface area contributed by atoms with Crippen LogP contribution in [-0.2, 0) is 9.53 Å². The van der Waals surface area contributed by atoms with Crippen LogP contribution in [0.4, 0.5) is 17.1 Å². The predicted molar refractivity (Wildman–Crippen MR) is 123 cm³/mol. The second-order valence-electron chi connectivity index (χ2n) is 7.66. The maximum absolute atomic E-state index is 13.0. The Morgan fingerprint density at radius 2 is 1.73 bits per heavy atom. The zero-order chi connectivity index (χ0) is 24.1. The Labute approximate surface area is 191 Å². The molecule has 1 saturated heterocycles. The summed E-state index contributed by atoms with van der Waals surface area (Å²) in [6.07, 6.45) is 0. The molecule has 10 nitrogen and oxygen atoms in total. The van der Waals surface area contributed by atoms with Gasteiger partial charge in [0, 0.05) is 50.3 Å². The molecule has 0 spiro atoms. The van der Waals surface area contributed by atoms with E-state index in [0.29, 0.717) is 43.1 Å². The van der Waals surface area contributed by atoms with E-state index >= 15 is 0 Å². The average molecular weight is 454 g/mol. The van der Waals surface area contributed by atoms with E-state index in [9.17, 15) is 24.5 Å². The zero-order valence-electron chi connectivity index (χ0n) is 18.8. The molecule has 33 heavy (non-hydrogen) atoms. The monoisotopic (exact) mass is 454 g/mol. The number of hydrogen-bond acceptors (Lipinski definition) is 7. The number of ether oxygens (including phenoxy) is 1. The number of esters is 1. The van der Waals surface area contributed by atoms with E-state index in [1.165, 1.54) is 25.1 Å². The fourth-order valence-corrected chi connectivity index (χ4v) is 3.71. The van der Waals surface area contributed by atoms with Gasteiger partial charge in [-0.25, -0.2) is 4.79 Å². The van der Waals surface area contributed by atoms with Gasteiger partial charge in [-0.1, -0.05) is 0 Å². The predicted octanol–water partition coefficient (Wildman–Crippen LogP) is 3.00. The highest BCUT2D eigenvalue weighted by atomic mass is 16.6. The molecular formula is C23H26N4O6. The van der Waals surface area contributed by atoms with Crippen molar-refractivity contribution in [2.75, 3.05) is 43.0 Å². The summed E-state index contributed by atoms with van der Waals surface area (Å²) in [5.41, 5.74) is 1.97. The van der Waals surface area contributed by atoms with Crippen LogP contribution in [-0.4, -0.2) is 60.4 Å². The van der Waals surface area contributed by atoms with E-state index in [0.717, 1.165) is 0 Å². The van der Waals surface area contributed by atoms with Crippen molar-refractivity contribution in [3.8, 4) is 0 Å². The third-order valence-corrected chi connectivity index (χ3v) is 5.48. The minimum Gasteiger partial charge on any atom is -0.462 e. The summed E-state index contributed by atoms with van der Waals surface area (Å²) in [7, 11) is 0. The van der Waals surface area contributed by atoms with Crippen molar-refractivity contribution in [3.63, 3.8) is 0 Å². The van der Waals surface area contributed by atoms with Crippen LogP contribution in [0.1, 0.15) is 40.1 Å². The first kappa shape index (κ1) is 23.7. The van der Waals surface area contributed by atoms with Gasteiger partial charge in [-0.05, 0) is 44.2 Å². The van der Waals surface area contributed by atoms with Crippen molar-refractivity contribution in [2.24, 2.45) is 0 Å². The van der Waals surface area contributed by atoms with Crippen LogP contribution < -0.4 is 10.2 Å². The summed E-state index contributed by atoms with van der Waals surface area (Å²) in [6, 6.07) is 9.07. The molecule has 1 N–H and O–H groups in total. The minimum atomic E-state index is -0.507. The second-order valence-corrected chi connectivity index (χ2v) is 7.66. The van der Waals surface area contributed by atoms with Gasteiger partial charge >= 0.3 is 5.97 Å². The topological polar surface area (TPSA) is 122 Å². The van der Waals surface area contributed by atoms with E-state index in [4.69, 9.17) is 4.74 Å². The molecule has 1 aliphatic heterocycles. The smallest absolute Gasteiger partial charge is 0.338 e. The van der Waals surface area contributed by atoms with Crippen LogP contribution in [0.15, 0.2) is 36.4 Å². The highest BCUT2D eigenvalue weighted by Crippen LogP contribution is 2.30. The Morgan fingerprint density at radius 1 is 1.06 bits per heavy atom. The van der Waals surface area contributed by atoms with Crippen molar-refractivity contribution >= 4 is 34.8 Å². The van der Waals surface area contributed by atoms with Crippen molar-refractivity contribution in [1.29, 1.82) is 0 Å². The zero-order valence-corrected chi connectivity index (χ0v) is 18.8. The van der Waals surface area contributed by atoms with Gasteiger partial charge in [-0.15, -0.1) is 0 Å². The van der Waals surface area contributed by atoms with E-state index in [1.54, 1.807) is 36.9 Å². The normalized spacial score (nSPS) is 13.4. The number of nitro benzene ring substituents is 1. The van der Waals surface area contributed by atoms with Gasteiger partial charge in [-0.3, -0.25) is 19.7 Å². The maximum atomic E-state index is 13.0. The van der Waals surface area contributed by atoms with Crippen LogP contribution in [0.2, 0.25) is 0 Å². The molecule has 1 heterocycles. The number of piperazine rings is 1. The third kappa shape index (κ3) is 5.46. The van der Waals surface area contributed by atoms with Crippen LogP contribution in [0.5, 0.6) is 0 Å². The van der Waals surface area contributed by atoms with E-state index in [2.05, 4.69) is 5.32 Å². The molecule has 0 aromatic heterocycles. The molecule has 3 rings (SSSR count). The number of hydrogen-bond donors (Lipinski definition) is 1. The first-order valence-corrected chi connectivity index (χ1v) is 10.6. The molecule has 174 valence electrons. The van der Waals surface area contributed by atoms with Crippen LogP contribution in [0.3, 0.4) is 0 Å². The second kappa shape index (κ2) is 10.1. The van der Waals surface area contributed by atoms with Crippen LogP contribution in [0.25, 0.3) is 0 Å². The van der Waals surface area contributed by atoms with E-state index in [-0.39, 0.29) is 29.3 Å². The average Bonchev–Trinajstić information content (AvgIpc) is 2.79. The number of nitrogens with zero attached hydrogens (tertiary/aromatic N) is 3. The molecule has 0 bridgehead atoms. The number of carbonyl (C=O) groups is 3. The van der Waals surface area contributed by atoms with Gasteiger partial charge in [-0.2, -0.15) is 0 Å². The van der Waals surface area contributed by atoms with Gasteiger partial charge in [0.15, 0.2) is 0 Å². The number of nitro groups is 1. The lowest BCUT2D eigenvalue weighted by Gasteiger charge is -2.36. The molecule has 2 aromatic rings. The Kier molecular flexibility index (Phi) is 7.27. The molecular weight excluding hydrogens is 428 g/mol. The molecule has 0 radical (unpaired) electrons. The molecule has 1 aliphatic rings. The number of anilines is 2. The molecule has 2 amide bonds. The summed E-state index contributed by atoms with van der Waals surface area (Å²) in [6.45, 7) is 7.25. The Morgan fingerprint density at radius 3 is 2.30 bits per heavy atom. The number of carbonyl (C=O) groups excluding carboxylic acids is 3. The highest BCUT2D eigenvalue weighted by Gasteiger charge is 2.23. The lowest BCUT2D eigenvalue weighted by molar-refractivity contribution is -0.385. The van der Waals surface area contributed by atoms with E-state index in [1.807, 2.05) is 4.90 Å². The molecule has 1 fully saturated rings.